The maximum Gasteiger partial charge on any atom is 0.312 e. The molecule has 15 heteroatoms. The molecule has 0 aliphatic carbocycles. The number of likely N-dealkylation sites (tertiary alicyclic amines) is 1. The predicted molar refractivity (Wildman–Crippen MR) is 183 cm³/mol. The lowest BCUT2D eigenvalue weighted by Crippen LogP contribution is -2.54. The Kier molecular flexibility index (Phi) is 15.9. The molecule has 1 aromatic rings. The number of esters is 1. The molecule has 1 saturated heterocycles. The predicted octanol–water partition coefficient (Wildman–Crippen LogP) is 2.35. The molecule has 4 atom stereocenters. The molecule has 0 saturated carbocycles. The van der Waals surface area contributed by atoms with Gasteiger partial charge in [0.1, 0.15) is 18.7 Å². The number of amides is 7. The Bertz CT molecular complexity index is 1310. The molecule has 1 aliphatic heterocycles. The van der Waals surface area contributed by atoms with Crippen molar-refractivity contribution in [3.05, 3.63) is 29.8 Å². The van der Waals surface area contributed by atoms with Crippen LogP contribution < -0.4 is 27.0 Å². The van der Waals surface area contributed by atoms with E-state index >= 15 is 0 Å². The molecule has 0 radical (unpaired) electrons. The molecule has 7 amide bonds. The van der Waals surface area contributed by atoms with Crippen molar-refractivity contribution in [1.82, 2.24) is 20.9 Å². The summed E-state index contributed by atoms with van der Waals surface area (Å²) in [6.07, 6.45) is 2.57. The minimum atomic E-state index is -0.991. The second-order valence-electron chi connectivity index (χ2n) is 13.3. The summed E-state index contributed by atoms with van der Waals surface area (Å²) >= 11 is 0. The second-order valence-corrected chi connectivity index (χ2v) is 14.1. The molecule has 48 heavy (non-hydrogen) atoms. The van der Waals surface area contributed by atoms with Crippen LogP contribution in [0, 0.1) is 11.3 Å². The Balaban J connectivity index is 1.95. The smallest absolute Gasteiger partial charge is 0.312 e. The van der Waals surface area contributed by atoms with Crippen LogP contribution >= 0.6 is 9.24 Å². The van der Waals surface area contributed by atoms with Gasteiger partial charge in [0, 0.05) is 31.6 Å². The van der Waals surface area contributed by atoms with Crippen LogP contribution in [0.2, 0.25) is 0 Å². The van der Waals surface area contributed by atoms with Crippen molar-refractivity contribution in [2.24, 2.45) is 17.1 Å². The number of hydrogen-bond acceptors (Lipinski definition) is 8. The number of rotatable bonds is 18. The van der Waals surface area contributed by atoms with Crippen LogP contribution in [0.3, 0.4) is 0 Å². The second kappa shape index (κ2) is 19.1. The Morgan fingerprint density at radius 3 is 2.21 bits per heavy atom. The molecule has 0 spiro atoms. The molecule has 6 N–H and O–H groups in total. The minimum Gasteiger partial charge on any atom is -0.460 e. The van der Waals surface area contributed by atoms with E-state index in [0.29, 0.717) is 37.9 Å². The molecule has 0 aromatic heterocycles. The summed E-state index contributed by atoms with van der Waals surface area (Å²) in [5.74, 6) is -2.36. The van der Waals surface area contributed by atoms with Crippen LogP contribution in [0.1, 0.15) is 85.1 Å². The Labute approximate surface area is 284 Å². The number of benzene rings is 1. The Morgan fingerprint density at radius 2 is 1.65 bits per heavy atom. The van der Waals surface area contributed by atoms with Crippen molar-refractivity contribution in [2.45, 2.75) is 104 Å². The Morgan fingerprint density at radius 1 is 0.979 bits per heavy atom. The van der Waals surface area contributed by atoms with Gasteiger partial charge >= 0.3 is 12.0 Å². The van der Waals surface area contributed by atoms with Crippen LogP contribution in [0.4, 0.5) is 10.5 Å². The van der Waals surface area contributed by atoms with Gasteiger partial charge in [-0.1, -0.05) is 32.4 Å². The topological polar surface area (TPSA) is 206 Å². The lowest BCUT2D eigenvalue weighted by Gasteiger charge is -2.25. The summed E-state index contributed by atoms with van der Waals surface area (Å²) in [4.78, 5) is 87.8. The van der Waals surface area contributed by atoms with Crippen LogP contribution in [-0.4, -0.2) is 77.3 Å². The maximum atomic E-state index is 13.4. The van der Waals surface area contributed by atoms with E-state index in [1.165, 1.54) is 4.90 Å². The van der Waals surface area contributed by atoms with Gasteiger partial charge in [0.25, 0.3) is 0 Å². The summed E-state index contributed by atoms with van der Waals surface area (Å²) in [6.45, 7) is 9.44. The number of nitrogens with zero attached hydrogens (tertiary/aromatic N) is 1. The molecule has 1 aliphatic rings. The van der Waals surface area contributed by atoms with Crippen molar-refractivity contribution in [3.63, 3.8) is 0 Å². The van der Waals surface area contributed by atoms with Gasteiger partial charge in [-0.25, -0.2) is 4.79 Å². The fourth-order valence-electron chi connectivity index (χ4n) is 4.78. The number of primary amides is 1. The summed E-state index contributed by atoms with van der Waals surface area (Å²) < 4.78 is 5.33. The lowest BCUT2D eigenvalue weighted by atomic mass is 9.97. The highest BCUT2D eigenvalue weighted by atomic mass is 31.0. The highest BCUT2D eigenvalue weighted by molar-refractivity contribution is 7.19. The highest BCUT2D eigenvalue weighted by Gasteiger charge is 2.35. The van der Waals surface area contributed by atoms with Crippen molar-refractivity contribution in [1.29, 1.82) is 0 Å². The molecule has 2 rings (SSSR count). The number of unbranched alkanes of at least 4 members (excludes halogenated alkanes) is 2. The van der Waals surface area contributed by atoms with Crippen LogP contribution in [0.15, 0.2) is 24.3 Å². The fraction of sp³-hybridized carbons (Fsp3) is 0.606. The molecule has 14 nitrogen and oxygen atoms in total. The maximum absolute atomic E-state index is 13.4. The van der Waals surface area contributed by atoms with E-state index in [0.717, 1.165) is 5.56 Å². The van der Waals surface area contributed by atoms with E-state index in [4.69, 9.17) is 10.5 Å². The number of anilines is 1. The standard InChI is InChI=1S/C33H51N6O8P/c1-20(2)27(38-25(40)11-7-6-8-17-39-26(41)18-24(48)30(39)44)29(43)37-23(10-9-16-35-32(34)46)28(42)36-22-14-12-21(13-15-22)19-47-31(45)33(3,4)5/h12-15,20,23-24,27H,6-11,16-19,48H2,1-5H3,(H,36,42)(H,37,43)(H,38,40)(H3,34,35,46). The van der Waals surface area contributed by atoms with Crippen LogP contribution in [0.25, 0.3) is 0 Å². The number of imide groups is 1. The molecular formula is C33H51N6O8P. The average Bonchev–Trinajstić information content (AvgIpc) is 3.25. The van der Waals surface area contributed by atoms with E-state index in [1.807, 2.05) is 0 Å². The average molecular weight is 691 g/mol. The summed E-state index contributed by atoms with van der Waals surface area (Å²) in [7, 11) is 2.38. The zero-order chi connectivity index (χ0) is 36.0. The van der Waals surface area contributed by atoms with Gasteiger partial charge in [-0.2, -0.15) is 0 Å². The first-order chi connectivity index (χ1) is 22.5. The first-order valence-corrected chi connectivity index (χ1v) is 17.0. The molecule has 0 bridgehead atoms. The number of urea groups is 1. The first-order valence-electron chi connectivity index (χ1n) is 16.3. The van der Waals surface area contributed by atoms with Gasteiger partial charge in [-0.15, -0.1) is 9.24 Å². The third-order valence-corrected chi connectivity index (χ3v) is 8.16. The van der Waals surface area contributed by atoms with Gasteiger partial charge < -0.3 is 31.7 Å². The zero-order valence-electron chi connectivity index (χ0n) is 28.6. The largest absolute Gasteiger partial charge is 0.460 e. The number of carbonyl (C=O) groups excluding carboxylic acids is 7. The number of ether oxygens (including phenoxy) is 1. The van der Waals surface area contributed by atoms with Crippen molar-refractivity contribution in [2.75, 3.05) is 18.4 Å². The van der Waals surface area contributed by atoms with Crippen molar-refractivity contribution in [3.8, 4) is 0 Å². The number of carbonyl (C=O) groups is 7. The molecule has 4 unspecified atom stereocenters. The summed E-state index contributed by atoms with van der Waals surface area (Å²) in [5, 5.41) is 10.8. The summed E-state index contributed by atoms with van der Waals surface area (Å²) in [5.41, 5.74) is 5.33. The third-order valence-electron chi connectivity index (χ3n) is 7.64. The van der Waals surface area contributed by atoms with Gasteiger partial charge in [-0.3, -0.25) is 33.7 Å². The molecule has 1 aromatic carbocycles. The SMILES string of the molecule is CC(C)C(NC(=O)CCCCCN1C(=O)CC(P)C1=O)C(=O)NC(CCCNC(N)=O)C(=O)Nc1ccc(COC(=O)C(C)(C)C)cc1. The van der Waals surface area contributed by atoms with E-state index in [1.54, 1.807) is 58.9 Å². The Hall–Kier alpha value is -4.06. The molecule has 266 valence electrons. The van der Waals surface area contributed by atoms with Crippen LogP contribution in [0.5, 0.6) is 0 Å². The normalized spacial score (nSPS) is 15.9. The lowest BCUT2D eigenvalue weighted by molar-refractivity contribution is -0.154. The molecule has 1 fully saturated rings. The first kappa shape index (κ1) is 40.1. The van der Waals surface area contributed by atoms with Gasteiger partial charge in [0.15, 0.2) is 0 Å². The van der Waals surface area contributed by atoms with Gasteiger partial charge in [-0.05, 0) is 70.1 Å². The number of hydrogen-bond donors (Lipinski definition) is 5. The minimum absolute atomic E-state index is 0.0808. The van der Waals surface area contributed by atoms with Gasteiger partial charge in [0.2, 0.25) is 29.5 Å². The number of nitrogens with one attached hydrogen (secondary N) is 4. The molecular weight excluding hydrogens is 639 g/mol. The van der Waals surface area contributed by atoms with Crippen LogP contribution in [-0.2, 0) is 40.1 Å². The number of nitrogens with two attached hydrogens (primary N) is 1. The summed E-state index contributed by atoms with van der Waals surface area (Å²) in [6, 6.07) is 4.13. The third kappa shape index (κ3) is 13.6. The van der Waals surface area contributed by atoms with E-state index in [-0.39, 0.29) is 67.7 Å². The van der Waals surface area contributed by atoms with E-state index in [2.05, 4.69) is 30.5 Å². The highest BCUT2D eigenvalue weighted by Crippen LogP contribution is 2.21. The van der Waals surface area contributed by atoms with E-state index in [9.17, 15) is 33.6 Å². The quantitative estimate of drug-likeness (QED) is 0.0667. The van der Waals surface area contributed by atoms with Gasteiger partial charge in [0.05, 0.1) is 11.1 Å². The zero-order valence-corrected chi connectivity index (χ0v) is 29.7. The monoisotopic (exact) mass is 690 g/mol. The fourth-order valence-corrected chi connectivity index (χ4v) is 5.17. The van der Waals surface area contributed by atoms with E-state index < -0.39 is 35.3 Å². The van der Waals surface area contributed by atoms with Crippen molar-refractivity contribution >= 4 is 56.5 Å². The molecule has 1 heterocycles. The van der Waals surface area contributed by atoms with Crippen molar-refractivity contribution < 1.29 is 38.3 Å².